The monoisotopic (exact) mass is 364 g/mol. The Kier molecular flexibility index (Phi) is 4.71. The summed E-state index contributed by atoms with van der Waals surface area (Å²) in [6, 6.07) is 8.43. The van der Waals surface area contributed by atoms with Gasteiger partial charge >= 0.3 is 0 Å². The molecule has 4 nitrogen and oxygen atoms in total. The maximum atomic E-state index is 12.4. The molecule has 24 heavy (non-hydrogen) atoms. The van der Waals surface area contributed by atoms with Crippen LogP contribution < -0.4 is 4.72 Å². The number of aryl methyl sites for hydroxylation is 1. The van der Waals surface area contributed by atoms with Gasteiger partial charge in [0.05, 0.1) is 10.6 Å². The molecule has 0 aliphatic heterocycles. The van der Waals surface area contributed by atoms with Crippen LogP contribution in [0.5, 0.6) is 0 Å². The Morgan fingerprint density at radius 2 is 2.00 bits per heavy atom. The van der Waals surface area contributed by atoms with Crippen molar-refractivity contribution in [3.05, 3.63) is 40.9 Å². The predicted octanol–water partition coefficient (Wildman–Crippen LogP) is 4.49. The van der Waals surface area contributed by atoms with Gasteiger partial charge < -0.3 is 0 Å². The molecule has 1 heterocycles. The number of hydrogen-bond donors (Lipinski definition) is 1. The zero-order valence-electron chi connectivity index (χ0n) is 14.4. The molecule has 0 saturated carbocycles. The summed E-state index contributed by atoms with van der Waals surface area (Å²) in [5.74, 6) is 0.633. The highest BCUT2D eigenvalue weighted by Crippen LogP contribution is 2.42. The van der Waals surface area contributed by atoms with Crippen LogP contribution in [0, 0.1) is 11.3 Å². The van der Waals surface area contributed by atoms with Gasteiger partial charge in [0.15, 0.2) is 5.13 Å². The Hall–Kier alpha value is -1.40. The number of anilines is 1. The number of fused-ring (bicyclic) bond motifs is 1. The maximum absolute atomic E-state index is 12.4. The molecule has 1 N–H and O–H groups in total. The quantitative estimate of drug-likeness (QED) is 0.850. The summed E-state index contributed by atoms with van der Waals surface area (Å²) in [5.41, 5.74) is 1.37. The van der Waals surface area contributed by atoms with Crippen LogP contribution in [0.25, 0.3) is 0 Å². The predicted molar refractivity (Wildman–Crippen MR) is 99.0 cm³/mol. The van der Waals surface area contributed by atoms with Gasteiger partial charge in [0.2, 0.25) is 0 Å². The van der Waals surface area contributed by atoms with E-state index in [1.807, 2.05) is 0 Å². The topological polar surface area (TPSA) is 59.1 Å². The molecule has 1 aromatic heterocycles. The number of nitrogens with zero attached hydrogens (tertiary/aromatic N) is 1. The van der Waals surface area contributed by atoms with Crippen molar-refractivity contribution in [1.82, 2.24) is 4.98 Å². The van der Waals surface area contributed by atoms with Crippen LogP contribution >= 0.6 is 11.3 Å². The van der Waals surface area contributed by atoms with E-state index in [-0.39, 0.29) is 4.90 Å². The number of nitrogens with one attached hydrogen (secondary N) is 1. The summed E-state index contributed by atoms with van der Waals surface area (Å²) in [5, 5.41) is 0.485. The molecule has 2 aromatic rings. The third kappa shape index (κ3) is 3.49. The highest BCUT2D eigenvalue weighted by Gasteiger charge is 2.33. The van der Waals surface area contributed by atoms with E-state index in [1.165, 1.54) is 16.2 Å². The summed E-state index contributed by atoms with van der Waals surface area (Å²) in [6.07, 6.45) is 4.22. The largest absolute Gasteiger partial charge is 0.263 e. The van der Waals surface area contributed by atoms with Gasteiger partial charge in [-0.2, -0.15) is 0 Å². The zero-order valence-corrected chi connectivity index (χ0v) is 16.0. The second-order valence-electron chi connectivity index (χ2n) is 7.09. The SMILES string of the molecule is CCC(C)(C)C1CCc2nc(NS(=O)(=O)c3ccccc3)sc2C1. The number of hydrogen-bond acceptors (Lipinski definition) is 4. The summed E-state index contributed by atoms with van der Waals surface area (Å²) >= 11 is 1.49. The molecule has 0 fully saturated rings. The highest BCUT2D eigenvalue weighted by molar-refractivity contribution is 7.93. The lowest BCUT2D eigenvalue weighted by atomic mass is 9.70. The fraction of sp³-hybridized carbons (Fsp3) is 0.500. The lowest BCUT2D eigenvalue weighted by Crippen LogP contribution is -2.28. The molecule has 1 unspecified atom stereocenters. The van der Waals surface area contributed by atoms with Crippen molar-refractivity contribution in [3.63, 3.8) is 0 Å². The lowest BCUT2D eigenvalue weighted by Gasteiger charge is -2.35. The maximum Gasteiger partial charge on any atom is 0.263 e. The van der Waals surface area contributed by atoms with Crippen LogP contribution in [0.15, 0.2) is 35.2 Å². The highest BCUT2D eigenvalue weighted by atomic mass is 32.2. The van der Waals surface area contributed by atoms with Crippen LogP contribution in [0.2, 0.25) is 0 Å². The first-order valence-corrected chi connectivity index (χ1v) is 10.7. The van der Waals surface area contributed by atoms with Crippen molar-refractivity contribution in [3.8, 4) is 0 Å². The molecule has 0 bridgehead atoms. The van der Waals surface area contributed by atoms with Gasteiger partial charge in [0.25, 0.3) is 10.0 Å². The minimum Gasteiger partial charge on any atom is -0.255 e. The average molecular weight is 365 g/mol. The molecule has 6 heteroatoms. The summed E-state index contributed by atoms with van der Waals surface area (Å²) < 4.78 is 27.5. The Labute approximate surface area is 148 Å². The number of rotatable bonds is 5. The molecule has 3 rings (SSSR count). The van der Waals surface area contributed by atoms with Gasteiger partial charge in [-0.05, 0) is 42.7 Å². The number of thiazole rings is 1. The molecule has 130 valence electrons. The molecule has 1 aliphatic carbocycles. The summed E-state index contributed by atoms with van der Waals surface area (Å²) in [6.45, 7) is 6.88. The summed E-state index contributed by atoms with van der Waals surface area (Å²) in [4.78, 5) is 6.03. The fourth-order valence-electron chi connectivity index (χ4n) is 3.15. The van der Waals surface area contributed by atoms with Crippen LogP contribution in [0.1, 0.15) is 44.2 Å². The molecule has 0 radical (unpaired) electrons. The Bertz CT molecular complexity index is 811. The zero-order chi connectivity index (χ0) is 17.4. The molecule has 1 aromatic carbocycles. The van der Waals surface area contributed by atoms with Gasteiger partial charge in [-0.3, -0.25) is 4.72 Å². The van der Waals surface area contributed by atoms with Gasteiger partial charge in [0, 0.05) is 4.88 Å². The minimum absolute atomic E-state index is 0.267. The van der Waals surface area contributed by atoms with Crippen molar-refractivity contribution in [2.75, 3.05) is 4.72 Å². The molecule has 0 saturated heterocycles. The molecular weight excluding hydrogens is 340 g/mol. The Morgan fingerprint density at radius 3 is 2.67 bits per heavy atom. The standard InChI is InChI=1S/C18H24N2O2S2/c1-4-18(2,3)13-10-11-15-16(12-13)23-17(19-15)20-24(21,22)14-8-6-5-7-9-14/h5-9,13H,4,10-12H2,1-3H3,(H,19,20). The van der Waals surface area contributed by atoms with Crippen LogP contribution in [-0.2, 0) is 22.9 Å². The van der Waals surface area contributed by atoms with Gasteiger partial charge in [0.1, 0.15) is 0 Å². The third-order valence-electron chi connectivity index (χ3n) is 5.23. The van der Waals surface area contributed by atoms with Crippen molar-refractivity contribution in [1.29, 1.82) is 0 Å². The van der Waals surface area contributed by atoms with Crippen LogP contribution in [-0.4, -0.2) is 13.4 Å². The van der Waals surface area contributed by atoms with Gasteiger partial charge in [-0.25, -0.2) is 13.4 Å². The van der Waals surface area contributed by atoms with E-state index < -0.39 is 10.0 Å². The van der Waals surface area contributed by atoms with Gasteiger partial charge in [-0.1, -0.05) is 45.4 Å². The van der Waals surface area contributed by atoms with Crippen LogP contribution in [0.4, 0.5) is 5.13 Å². The van der Waals surface area contributed by atoms with Crippen LogP contribution in [0.3, 0.4) is 0 Å². The first-order valence-electron chi connectivity index (χ1n) is 8.38. The Balaban J connectivity index is 1.80. The van der Waals surface area contributed by atoms with Crippen molar-refractivity contribution >= 4 is 26.5 Å². The van der Waals surface area contributed by atoms with Crippen molar-refractivity contribution in [2.24, 2.45) is 11.3 Å². The van der Waals surface area contributed by atoms with Gasteiger partial charge in [-0.15, -0.1) is 11.3 Å². The molecule has 0 amide bonds. The molecule has 0 spiro atoms. The van der Waals surface area contributed by atoms with E-state index in [1.54, 1.807) is 30.3 Å². The Morgan fingerprint density at radius 1 is 1.29 bits per heavy atom. The first kappa shape index (κ1) is 17.4. The molecule has 1 aliphatic rings. The second kappa shape index (κ2) is 6.48. The third-order valence-corrected chi connectivity index (χ3v) is 7.75. The number of aromatic nitrogens is 1. The van der Waals surface area contributed by atoms with E-state index >= 15 is 0 Å². The van der Waals surface area contributed by atoms with E-state index in [0.717, 1.165) is 31.4 Å². The van der Waals surface area contributed by atoms with Crippen molar-refractivity contribution in [2.45, 2.75) is 51.3 Å². The van der Waals surface area contributed by atoms with E-state index in [9.17, 15) is 8.42 Å². The molecular formula is C18H24N2O2S2. The van der Waals surface area contributed by atoms with E-state index in [2.05, 4.69) is 30.5 Å². The first-order chi connectivity index (χ1) is 11.3. The minimum atomic E-state index is -3.56. The van der Waals surface area contributed by atoms with E-state index in [4.69, 9.17) is 0 Å². The number of benzene rings is 1. The summed E-state index contributed by atoms with van der Waals surface area (Å²) in [7, 11) is -3.56. The average Bonchev–Trinajstić information content (AvgIpc) is 2.96. The smallest absolute Gasteiger partial charge is 0.255 e. The normalized spacial score (nSPS) is 18.2. The molecule has 1 atom stereocenters. The number of sulfonamides is 1. The fourth-order valence-corrected chi connectivity index (χ4v) is 5.49. The lowest BCUT2D eigenvalue weighted by molar-refractivity contribution is 0.183. The second-order valence-corrected chi connectivity index (χ2v) is 9.86. The van der Waals surface area contributed by atoms with Crippen molar-refractivity contribution < 1.29 is 8.42 Å². The van der Waals surface area contributed by atoms with E-state index in [0.29, 0.717) is 16.5 Å².